The van der Waals surface area contributed by atoms with Crippen molar-refractivity contribution in [2.45, 2.75) is 40.2 Å². The Hall–Kier alpha value is -0.120. The summed E-state index contributed by atoms with van der Waals surface area (Å²) in [5, 5.41) is 3.44. The topological polar surface area (TPSA) is 18.5 Å². The first kappa shape index (κ1) is 14.9. The zero-order chi connectivity index (χ0) is 12.7. The number of likely N-dealkylation sites (tertiary alicyclic amines) is 1. The highest BCUT2D eigenvalue weighted by Gasteiger charge is 2.26. The Kier molecular flexibility index (Phi) is 7.09. The van der Waals surface area contributed by atoms with Gasteiger partial charge in [-0.25, -0.2) is 0 Å². The number of likely N-dealkylation sites (N-methyl/N-ethyl adjacent to an activating group) is 1. The SMILES string of the molecule is CCNCC(C)CN1CCC(N(CC)CC)C1. The second kappa shape index (κ2) is 8.06. The average molecular weight is 241 g/mol. The van der Waals surface area contributed by atoms with Crippen LogP contribution in [0.2, 0.25) is 0 Å². The highest BCUT2D eigenvalue weighted by molar-refractivity contribution is 4.83. The third-order valence-corrected chi connectivity index (χ3v) is 3.89. The number of hydrogen-bond acceptors (Lipinski definition) is 3. The maximum absolute atomic E-state index is 3.44. The van der Waals surface area contributed by atoms with Crippen molar-refractivity contribution in [3.05, 3.63) is 0 Å². The molecule has 1 fully saturated rings. The zero-order valence-electron chi connectivity index (χ0n) is 12.2. The Morgan fingerprint density at radius 2 is 2.00 bits per heavy atom. The average Bonchev–Trinajstić information content (AvgIpc) is 2.76. The summed E-state index contributed by atoms with van der Waals surface area (Å²) in [6, 6.07) is 0.802. The summed E-state index contributed by atoms with van der Waals surface area (Å²) < 4.78 is 0. The summed E-state index contributed by atoms with van der Waals surface area (Å²) in [5.74, 6) is 0.769. The summed E-state index contributed by atoms with van der Waals surface area (Å²) in [4.78, 5) is 5.25. The van der Waals surface area contributed by atoms with E-state index in [9.17, 15) is 0 Å². The van der Waals surface area contributed by atoms with Crippen molar-refractivity contribution in [2.75, 3.05) is 45.8 Å². The van der Waals surface area contributed by atoms with Crippen LogP contribution in [-0.2, 0) is 0 Å². The lowest BCUT2D eigenvalue weighted by molar-refractivity contribution is 0.203. The van der Waals surface area contributed by atoms with E-state index in [1.165, 1.54) is 39.1 Å². The molecule has 1 N–H and O–H groups in total. The number of rotatable bonds is 8. The zero-order valence-corrected chi connectivity index (χ0v) is 12.2. The lowest BCUT2D eigenvalue weighted by Gasteiger charge is -2.27. The van der Waals surface area contributed by atoms with Crippen molar-refractivity contribution < 1.29 is 0 Å². The molecule has 3 nitrogen and oxygen atoms in total. The van der Waals surface area contributed by atoms with Crippen molar-refractivity contribution in [3.8, 4) is 0 Å². The molecule has 3 heteroatoms. The molecule has 2 atom stereocenters. The Bertz CT molecular complexity index is 192. The van der Waals surface area contributed by atoms with Gasteiger partial charge >= 0.3 is 0 Å². The minimum atomic E-state index is 0.769. The van der Waals surface area contributed by atoms with Gasteiger partial charge in [0, 0.05) is 19.1 Å². The van der Waals surface area contributed by atoms with Crippen molar-refractivity contribution in [3.63, 3.8) is 0 Å². The molecule has 0 spiro atoms. The monoisotopic (exact) mass is 241 g/mol. The largest absolute Gasteiger partial charge is 0.317 e. The molecule has 1 heterocycles. The van der Waals surface area contributed by atoms with E-state index in [2.05, 4.69) is 42.8 Å². The third-order valence-electron chi connectivity index (χ3n) is 3.89. The fourth-order valence-electron chi connectivity index (χ4n) is 2.91. The molecule has 0 bridgehead atoms. The van der Waals surface area contributed by atoms with E-state index in [1.807, 2.05) is 0 Å². The normalized spacial score (nSPS) is 23.5. The van der Waals surface area contributed by atoms with Crippen LogP contribution >= 0.6 is 0 Å². The molecule has 0 aromatic carbocycles. The van der Waals surface area contributed by atoms with Gasteiger partial charge in [0.25, 0.3) is 0 Å². The smallest absolute Gasteiger partial charge is 0.0235 e. The molecule has 0 saturated carbocycles. The van der Waals surface area contributed by atoms with Crippen LogP contribution in [0.1, 0.15) is 34.1 Å². The van der Waals surface area contributed by atoms with Crippen LogP contribution in [0.4, 0.5) is 0 Å². The second-order valence-electron chi connectivity index (χ2n) is 5.34. The molecule has 102 valence electrons. The summed E-state index contributed by atoms with van der Waals surface area (Å²) in [5.41, 5.74) is 0. The van der Waals surface area contributed by atoms with Crippen LogP contribution in [0.5, 0.6) is 0 Å². The van der Waals surface area contributed by atoms with E-state index in [0.29, 0.717) is 0 Å². The van der Waals surface area contributed by atoms with E-state index < -0.39 is 0 Å². The summed E-state index contributed by atoms with van der Waals surface area (Å²) in [7, 11) is 0. The maximum Gasteiger partial charge on any atom is 0.0235 e. The standard InChI is InChI=1S/C14H31N3/c1-5-15-10-13(4)11-16-9-8-14(12-16)17(6-2)7-3/h13-15H,5-12H2,1-4H3. The van der Waals surface area contributed by atoms with Crippen LogP contribution in [0.25, 0.3) is 0 Å². The van der Waals surface area contributed by atoms with Gasteiger partial charge in [-0.05, 0) is 45.1 Å². The number of nitrogens with one attached hydrogen (secondary N) is 1. The molecule has 1 saturated heterocycles. The fraction of sp³-hybridized carbons (Fsp3) is 1.00. The minimum Gasteiger partial charge on any atom is -0.317 e. The van der Waals surface area contributed by atoms with Crippen LogP contribution in [0.3, 0.4) is 0 Å². The van der Waals surface area contributed by atoms with Crippen LogP contribution in [0, 0.1) is 5.92 Å². The van der Waals surface area contributed by atoms with Gasteiger partial charge in [-0.2, -0.15) is 0 Å². The highest BCUT2D eigenvalue weighted by Crippen LogP contribution is 2.16. The number of nitrogens with zero attached hydrogens (tertiary/aromatic N) is 2. The van der Waals surface area contributed by atoms with Gasteiger partial charge in [-0.15, -0.1) is 0 Å². The summed E-state index contributed by atoms with van der Waals surface area (Å²) in [6.07, 6.45) is 1.36. The van der Waals surface area contributed by atoms with E-state index in [0.717, 1.165) is 25.0 Å². The van der Waals surface area contributed by atoms with Gasteiger partial charge in [0.05, 0.1) is 0 Å². The first-order valence-electron chi connectivity index (χ1n) is 7.38. The van der Waals surface area contributed by atoms with Crippen molar-refractivity contribution in [1.82, 2.24) is 15.1 Å². The fourth-order valence-corrected chi connectivity index (χ4v) is 2.91. The molecule has 0 aromatic heterocycles. The molecule has 0 radical (unpaired) electrons. The summed E-state index contributed by atoms with van der Waals surface area (Å²) in [6.45, 7) is 17.5. The lowest BCUT2D eigenvalue weighted by atomic mass is 10.1. The van der Waals surface area contributed by atoms with Crippen molar-refractivity contribution in [1.29, 1.82) is 0 Å². The Morgan fingerprint density at radius 1 is 1.29 bits per heavy atom. The van der Waals surface area contributed by atoms with E-state index in [4.69, 9.17) is 0 Å². The Balaban J connectivity index is 2.25. The molecule has 1 aliphatic rings. The third kappa shape index (κ3) is 4.94. The molecule has 0 amide bonds. The van der Waals surface area contributed by atoms with Gasteiger partial charge in [0.2, 0.25) is 0 Å². The molecule has 1 aliphatic heterocycles. The van der Waals surface area contributed by atoms with E-state index >= 15 is 0 Å². The quantitative estimate of drug-likeness (QED) is 0.697. The highest BCUT2D eigenvalue weighted by atomic mass is 15.2. The first-order chi connectivity index (χ1) is 8.21. The predicted molar refractivity (Wildman–Crippen MR) is 75.5 cm³/mol. The van der Waals surface area contributed by atoms with Gasteiger partial charge in [-0.1, -0.05) is 27.7 Å². The van der Waals surface area contributed by atoms with Crippen LogP contribution in [0.15, 0.2) is 0 Å². The van der Waals surface area contributed by atoms with Gasteiger partial charge in [-0.3, -0.25) is 4.90 Å². The Morgan fingerprint density at radius 3 is 2.59 bits per heavy atom. The van der Waals surface area contributed by atoms with E-state index in [1.54, 1.807) is 0 Å². The van der Waals surface area contributed by atoms with Crippen LogP contribution < -0.4 is 5.32 Å². The van der Waals surface area contributed by atoms with E-state index in [-0.39, 0.29) is 0 Å². The van der Waals surface area contributed by atoms with Crippen molar-refractivity contribution in [2.24, 2.45) is 5.92 Å². The lowest BCUT2D eigenvalue weighted by Crippen LogP contribution is -2.38. The first-order valence-corrected chi connectivity index (χ1v) is 7.38. The molecule has 0 aliphatic carbocycles. The van der Waals surface area contributed by atoms with Gasteiger partial charge in [0.15, 0.2) is 0 Å². The summed E-state index contributed by atoms with van der Waals surface area (Å²) >= 11 is 0. The molecule has 1 rings (SSSR count). The molecule has 0 aromatic rings. The molecule has 17 heavy (non-hydrogen) atoms. The van der Waals surface area contributed by atoms with Crippen LogP contribution in [-0.4, -0.2) is 61.7 Å². The van der Waals surface area contributed by atoms with Crippen molar-refractivity contribution >= 4 is 0 Å². The number of hydrogen-bond donors (Lipinski definition) is 1. The molecular formula is C14H31N3. The Labute approximate surface area is 108 Å². The minimum absolute atomic E-state index is 0.769. The predicted octanol–water partition coefficient (Wildman–Crippen LogP) is 1.65. The molecule has 2 unspecified atom stereocenters. The van der Waals surface area contributed by atoms with Gasteiger partial charge < -0.3 is 10.2 Å². The molecular weight excluding hydrogens is 210 g/mol. The second-order valence-corrected chi connectivity index (χ2v) is 5.34. The maximum atomic E-state index is 3.44. The van der Waals surface area contributed by atoms with Gasteiger partial charge in [0.1, 0.15) is 0 Å².